The van der Waals surface area contributed by atoms with Crippen LogP contribution in [0.3, 0.4) is 0 Å². The number of allylic oxidation sites excluding steroid dienone is 21. The van der Waals surface area contributed by atoms with Gasteiger partial charge in [0.1, 0.15) is 48.8 Å². The largest absolute Gasteiger partial charge is 0.394 e. The number of unbranched alkanes of at least 4 members (excludes halogenated alkanes) is 19. The van der Waals surface area contributed by atoms with Gasteiger partial charge in [-0.2, -0.15) is 0 Å². The van der Waals surface area contributed by atoms with Crippen molar-refractivity contribution in [3.63, 3.8) is 0 Å². The number of aliphatic hydroxyl groups excluding tert-OH is 8. The molecule has 0 aromatic rings. The second-order valence-electron chi connectivity index (χ2n) is 22.9. The van der Waals surface area contributed by atoms with Crippen LogP contribution in [0.4, 0.5) is 0 Å². The number of hydrogen-bond acceptors (Lipinski definition) is 13. The number of carbonyl (C=O) groups excluding carboxylic acids is 1. The minimum Gasteiger partial charge on any atom is -0.394 e. The van der Waals surface area contributed by atoms with Crippen molar-refractivity contribution in [1.82, 2.24) is 5.32 Å². The Morgan fingerprint density at radius 1 is 0.430 bits per heavy atom. The molecule has 14 heteroatoms. The SMILES string of the molecule is CC/C=C\C/C=C\C/C=C\C/C=C\C/C=C\C/C=C\C/C=C\C/C=C\C/C=C\CCCCCC(=O)NC(COC1OC(CO)C(OC2OC(CO)C(O)C(O)C2O)C(O)C1O)C(O)/C=C/CC/C=C/CCCCCCCCCCCCCCCCC. The van der Waals surface area contributed by atoms with Crippen molar-refractivity contribution in [2.24, 2.45) is 0 Å². The maximum atomic E-state index is 13.3. The monoisotopic (exact) mass is 1210 g/mol. The van der Waals surface area contributed by atoms with E-state index in [4.69, 9.17) is 18.9 Å². The normalized spacial score (nSPS) is 24.3. The van der Waals surface area contributed by atoms with Gasteiger partial charge in [0.15, 0.2) is 12.6 Å². The molecule has 12 atom stereocenters. The number of carbonyl (C=O) groups is 1. The van der Waals surface area contributed by atoms with E-state index < -0.39 is 86.8 Å². The molecule has 1 amide bonds. The summed E-state index contributed by atoms with van der Waals surface area (Å²) in [5.74, 6) is -0.286. The van der Waals surface area contributed by atoms with E-state index in [1.54, 1.807) is 6.08 Å². The number of aliphatic hydroxyl groups is 8. The molecule has 2 aliphatic rings. The van der Waals surface area contributed by atoms with Crippen molar-refractivity contribution in [1.29, 1.82) is 0 Å². The smallest absolute Gasteiger partial charge is 0.220 e. The first-order valence-corrected chi connectivity index (χ1v) is 33.4. The van der Waals surface area contributed by atoms with E-state index in [-0.39, 0.29) is 18.9 Å². The third-order valence-electron chi connectivity index (χ3n) is 15.3. The van der Waals surface area contributed by atoms with Crippen molar-refractivity contribution >= 4 is 5.91 Å². The molecule has 0 aliphatic carbocycles. The predicted octanol–water partition coefficient (Wildman–Crippen LogP) is 13.1. The highest BCUT2D eigenvalue weighted by Gasteiger charge is 2.51. The molecule has 2 fully saturated rings. The molecular formula is C72H119NO13. The Morgan fingerprint density at radius 3 is 1.28 bits per heavy atom. The number of amides is 1. The Morgan fingerprint density at radius 2 is 0.814 bits per heavy atom. The molecule has 2 rings (SSSR count). The van der Waals surface area contributed by atoms with Crippen LogP contribution in [0.25, 0.3) is 0 Å². The van der Waals surface area contributed by atoms with Crippen LogP contribution in [-0.4, -0.2) is 140 Å². The van der Waals surface area contributed by atoms with Crippen LogP contribution in [0, 0.1) is 0 Å². The fourth-order valence-corrected chi connectivity index (χ4v) is 10.0. The summed E-state index contributed by atoms with van der Waals surface area (Å²) in [6.07, 6.45) is 64.9. The van der Waals surface area contributed by atoms with Crippen LogP contribution in [0.15, 0.2) is 134 Å². The molecule has 0 radical (unpaired) electrons. The Labute approximate surface area is 520 Å². The quantitative estimate of drug-likeness (QED) is 0.0204. The molecular weight excluding hydrogens is 1090 g/mol. The highest BCUT2D eigenvalue weighted by molar-refractivity contribution is 5.76. The molecule has 0 aromatic heterocycles. The van der Waals surface area contributed by atoms with Crippen molar-refractivity contribution < 1.29 is 64.6 Å². The summed E-state index contributed by atoms with van der Waals surface area (Å²) in [6.45, 7) is 2.64. The van der Waals surface area contributed by atoms with Gasteiger partial charge >= 0.3 is 0 Å². The molecule has 14 nitrogen and oxygen atoms in total. The van der Waals surface area contributed by atoms with E-state index in [9.17, 15) is 45.6 Å². The summed E-state index contributed by atoms with van der Waals surface area (Å²) >= 11 is 0. The Kier molecular flexibility index (Phi) is 50.2. The molecule has 2 saturated heterocycles. The zero-order chi connectivity index (χ0) is 62.3. The molecule has 0 bridgehead atoms. The van der Waals surface area contributed by atoms with E-state index in [2.05, 4.69) is 141 Å². The third kappa shape index (κ3) is 39.2. The Balaban J connectivity index is 1.75. The van der Waals surface area contributed by atoms with Gasteiger partial charge in [-0.1, -0.05) is 244 Å². The van der Waals surface area contributed by atoms with E-state index >= 15 is 0 Å². The lowest BCUT2D eigenvalue weighted by atomic mass is 9.97. The first kappa shape index (κ1) is 78.2. The zero-order valence-corrected chi connectivity index (χ0v) is 53.0. The van der Waals surface area contributed by atoms with Gasteiger partial charge in [-0.15, -0.1) is 0 Å². The molecule has 12 unspecified atom stereocenters. The van der Waals surface area contributed by atoms with E-state index in [0.29, 0.717) is 12.8 Å². The maximum absolute atomic E-state index is 13.3. The standard InChI is InChI=1S/C72H119NO13/c1-3-5-7-9-11-13-15-17-19-21-23-25-26-27-28-29-30-31-32-33-34-36-38-40-42-44-46-48-50-52-54-56-64(77)73-60(61(76)55-53-51-49-47-45-43-41-39-37-35-24-22-20-18-16-14-12-10-8-6-4-2)59-83-71-69(82)67(80)70(63(58-75)85-71)86-72-68(81)66(79)65(78)62(57-74)84-72/h5,7,11,13,17,19,23,25,27-28,30-31,33-34,38,40,44-47,53,55,60-63,65-72,74-76,78-82H,3-4,6,8-10,12,14-16,18,20-22,24,26,29,32,35-37,39,41-43,48-52,54,56-59H2,1-2H3,(H,73,77)/b7-5-,13-11-,19-17-,25-23-,28-27-,31-30-,34-33-,40-38-,46-44-,47-45+,55-53+. The summed E-state index contributed by atoms with van der Waals surface area (Å²) in [6, 6.07) is -0.961. The van der Waals surface area contributed by atoms with E-state index in [1.165, 1.54) is 96.3 Å². The van der Waals surface area contributed by atoms with Crippen LogP contribution in [0.2, 0.25) is 0 Å². The van der Waals surface area contributed by atoms with Gasteiger partial charge in [0.25, 0.3) is 0 Å². The van der Waals surface area contributed by atoms with Crippen LogP contribution >= 0.6 is 0 Å². The first-order chi connectivity index (χ1) is 42.1. The molecule has 86 heavy (non-hydrogen) atoms. The second-order valence-corrected chi connectivity index (χ2v) is 22.9. The van der Waals surface area contributed by atoms with E-state index in [0.717, 1.165) is 89.9 Å². The van der Waals surface area contributed by atoms with Crippen molar-refractivity contribution in [2.45, 2.75) is 293 Å². The topological polar surface area (TPSA) is 228 Å². The van der Waals surface area contributed by atoms with Crippen molar-refractivity contribution in [3.05, 3.63) is 134 Å². The molecule has 2 aliphatic heterocycles. The van der Waals surface area contributed by atoms with Gasteiger partial charge in [0.05, 0.1) is 32.0 Å². The van der Waals surface area contributed by atoms with Gasteiger partial charge < -0.3 is 65.1 Å². The van der Waals surface area contributed by atoms with Crippen molar-refractivity contribution in [3.8, 4) is 0 Å². The number of hydrogen-bond donors (Lipinski definition) is 9. The van der Waals surface area contributed by atoms with Gasteiger partial charge in [-0.05, 0) is 103 Å². The summed E-state index contributed by atoms with van der Waals surface area (Å²) in [4.78, 5) is 13.3. The number of rotatable bonds is 52. The fraction of sp³-hybridized carbons (Fsp3) is 0.681. The highest BCUT2D eigenvalue weighted by Crippen LogP contribution is 2.30. The molecule has 0 saturated carbocycles. The van der Waals surface area contributed by atoms with Crippen LogP contribution in [0.5, 0.6) is 0 Å². The summed E-state index contributed by atoms with van der Waals surface area (Å²) < 4.78 is 22.8. The second kappa shape index (κ2) is 55.2. The molecule has 0 spiro atoms. The zero-order valence-electron chi connectivity index (χ0n) is 53.0. The number of nitrogens with one attached hydrogen (secondary N) is 1. The third-order valence-corrected chi connectivity index (χ3v) is 15.3. The fourth-order valence-electron chi connectivity index (χ4n) is 10.0. The molecule has 0 aromatic carbocycles. The minimum absolute atomic E-state index is 0.224. The number of ether oxygens (including phenoxy) is 4. The summed E-state index contributed by atoms with van der Waals surface area (Å²) in [7, 11) is 0. The van der Waals surface area contributed by atoms with Crippen LogP contribution in [0.1, 0.15) is 219 Å². The van der Waals surface area contributed by atoms with Crippen LogP contribution in [-0.2, 0) is 23.7 Å². The van der Waals surface area contributed by atoms with Gasteiger partial charge in [-0.25, -0.2) is 0 Å². The summed E-state index contributed by atoms with van der Waals surface area (Å²) in [5.41, 5.74) is 0. The van der Waals surface area contributed by atoms with Gasteiger partial charge in [0.2, 0.25) is 5.91 Å². The molecule has 9 N–H and O–H groups in total. The summed E-state index contributed by atoms with van der Waals surface area (Å²) in [5, 5.41) is 87.3. The van der Waals surface area contributed by atoms with Gasteiger partial charge in [0, 0.05) is 6.42 Å². The lowest BCUT2D eigenvalue weighted by molar-refractivity contribution is -0.359. The molecule has 2 heterocycles. The van der Waals surface area contributed by atoms with E-state index in [1.807, 2.05) is 6.08 Å². The van der Waals surface area contributed by atoms with Gasteiger partial charge in [-0.3, -0.25) is 4.79 Å². The lowest BCUT2D eigenvalue weighted by Gasteiger charge is -2.46. The predicted molar refractivity (Wildman–Crippen MR) is 350 cm³/mol. The first-order valence-electron chi connectivity index (χ1n) is 33.4. The highest BCUT2D eigenvalue weighted by atomic mass is 16.7. The average Bonchev–Trinajstić information content (AvgIpc) is 2.54. The maximum Gasteiger partial charge on any atom is 0.220 e. The molecule has 490 valence electrons. The minimum atomic E-state index is -1.80. The average molecular weight is 1210 g/mol. The van der Waals surface area contributed by atoms with Crippen molar-refractivity contribution in [2.75, 3.05) is 19.8 Å². The Bertz CT molecular complexity index is 1950. The lowest BCUT2D eigenvalue weighted by Crippen LogP contribution is -2.65. The van der Waals surface area contributed by atoms with Crippen LogP contribution < -0.4 is 5.32 Å². The Hall–Kier alpha value is -3.87.